The Morgan fingerprint density at radius 1 is 1.37 bits per heavy atom. The van der Waals surface area contributed by atoms with Crippen molar-refractivity contribution in [2.75, 3.05) is 30.7 Å². The molecule has 1 aromatic carbocycles. The fourth-order valence-corrected chi connectivity index (χ4v) is 3.04. The monoisotopic (exact) mass is 350 g/mol. The molecule has 0 saturated heterocycles. The summed E-state index contributed by atoms with van der Waals surface area (Å²) < 4.78 is 32.2. The van der Waals surface area contributed by atoms with Gasteiger partial charge in [-0.05, 0) is 47.6 Å². The fraction of sp³-hybridized carbons (Fsp3) is 0.500. The average molecular weight is 351 g/mol. The van der Waals surface area contributed by atoms with Gasteiger partial charge >= 0.3 is 0 Å². The van der Waals surface area contributed by atoms with Gasteiger partial charge in [0.1, 0.15) is 5.75 Å². The van der Waals surface area contributed by atoms with Crippen molar-refractivity contribution in [2.45, 2.75) is 13.3 Å². The molecule has 0 aliphatic heterocycles. The second-order valence-electron chi connectivity index (χ2n) is 3.98. The van der Waals surface area contributed by atoms with E-state index in [0.29, 0.717) is 24.4 Å². The van der Waals surface area contributed by atoms with E-state index in [4.69, 9.17) is 4.74 Å². The van der Waals surface area contributed by atoms with Gasteiger partial charge in [-0.3, -0.25) is 4.72 Å². The third-order valence-corrected chi connectivity index (χ3v) is 4.47. The molecule has 0 aliphatic carbocycles. The van der Waals surface area contributed by atoms with Gasteiger partial charge in [-0.1, -0.05) is 6.92 Å². The summed E-state index contributed by atoms with van der Waals surface area (Å²) in [6, 6.07) is 5.08. The largest absolute Gasteiger partial charge is 0.495 e. The van der Waals surface area contributed by atoms with Crippen LogP contribution in [0.2, 0.25) is 0 Å². The van der Waals surface area contributed by atoms with Crippen LogP contribution in [0, 0.1) is 0 Å². The third kappa shape index (κ3) is 5.80. The van der Waals surface area contributed by atoms with E-state index in [1.54, 1.807) is 18.2 Å². The summed E-state index contributed by atoms with van der Waals surface area (Å²) in [6.07, 6.45) is 0.580. The van der Waals surface area contributed by atoms with E-state index in [9.17, 15) is 8.42 Å². The molecule has 0 aliphatic rings. The smallest absolute Gasteiger partial charge is 0.232 e. The highest BCUT2D eigenvalue weighted by Crippen LogP contribution is 2.28. The summed E-state index contributed by atoms with van der Waals surface area (Å²) in [5, 5.41) is 3.09. The maximum Gasteiger partial charge on any atom is 0.232 e. The molecule has 0 radical (unpaired) electrons. The Morgan fingerprint density at radius 2 is 2.11 bits per heavy atom. The van der Waals surface area contributed by atoms with Crippen LogP contribution < -0.4 is 14.8 Å². The first kappa shape index (κ1) is 16.3. The highest BCUT2D eigenvalue weighted by molar-refractivity contribution is 9.10. The second kappa shape index (κ2) is 7.72. The number of halogens is 1. The van der Waals surface area contributed by atoms with Crippen LogP contribution in [-0.2, 0) is 10.0 Å². The summed E-state index contributed by atoms with van der Waals surface area (Å²) in [6.45, 7) is 3.53. The van der Waals surface area contributed by atoms with Gasteiger partial charge in [0, 0.05) is 6.07 Å². The van der Waals surface area contributed by atoms with E-state index in [1.165, 1.54) is 7.11 Å². The Bertz CT molecular complexity index is 506. The molecule has 0 aromatic heterocycles. The van der Waals surface area contributed by atoms with Gasteiger partial charge in [0.25, 0.3) is 0 Å². The van der Waals surface area contributed by atoms with Crippen molar-refractivity contribution in [1.29, 1.82) is 0 Å². The van der Waals surface area contributed by atoms with E-state index < -0.39 is 10.0 Å². The highest BCUT2D eigenvalue weighted by atomic mass is 79.9. The summed E-state index contributed by atoms with van der Waals surface area (Å²) in [4.78, 5) is 0. The van der Waals surface area contributed by atoms with Gasteiger partial charge in [-0.25, -0.2) is 8.42 Å². The third-order valence-electron chi connectivity index (χ3n) is 2.44. The molecule has 19 heavy (non-hydrogen) atoms. The van der Waals surface area contributed by atoms with Crippen LogP contribution in [0.15, 0.2) is 22.7 Å². The maximum atomic E-state index is 11.9. The number of hydrogen-bond acceptors (Lipinski definition) is 4. The molecule has 0 saturated carbocycles. The lowest BCUT2D eigenvalue weighted by molar-refractivity contribution is 0.412. The molecule has 1 rings (SSSR count). The number of methoxy groups -OCH3 is 1. The minimum Gasteiger partial charge on any atom is -0.495 e. The first-order chi connectivity index (χ1) is 8.98. The number of benzene rings is 1. The van der Waals surface area contributed by atoms with Gasteiger partial charge < -0.3 is 10.1 Å². The lowest BCUT2D eigenvalue weighted by Crippen LogP contribution is -2.21. The quantitative estimate of drug-likeness (QED) is 0.705. The van der Waals surface area contributed by atoms with Crippen molar-refractivity contribution >= 4 is 31.6 Å². The lowest BCUT2D eigenvalue weighted by atomic mass is 10.3. The average Bonchev–Trinajstić information content (AvgIpc) is 2.37. The Labute approximate surface area is 122 Å². The minimum absolute atomic E-state index is 0.0956. The van der Waals surface area contributed by atoms with Crippen LogP contribution in [0.5, 0.6) is 5.75 Å². The SMILES string of the molecule is CCNCCCS(=O)(=O)Nc1ccc(Br)c(OC)c1. The Morgan fingerprint density at radius 3 is 2.74 bits per heavy atom. The molecule has 7 heteroatoms. The summed E-state index contributed by atoms with van der Waals surface area (Å²) in [5.74, 6) is 0.686. The molecule has 2 N–H and O–H groups in total. The Hall–Kier alpha value is -0.790. The number of sulfonamides is 1. The Balaban J connectivity index is 2.62. The molecule has 0 bridgehead atoms. The first-order valence-electron chi connectivity index (χ1n) is 6.03. The molecule has 108 valence electrons. The molecule has 0 amide bonds. The van der Waals surface area contributed by atoms with E-state index in [2.05, 4.69) is 26.0 Å². The molecular weight excluding hydrogens is 332 g/mol. The molecule has 5 nitrogen and oxygen atoms in total. The Kier molecular flexibility index (Phi) is 6.60. The second-order valence-corrected chi connectivity index (χ2v) is 6.67. The number of hydrogen-bond donors (Lipinski definition) is 2. The van der Waals surface area contributed by atoms with E-state index in [-0.39, 0.29) is 5.75 Å². The lowest BCUT2D eigenvalue weighted by Gasteiger charge is -2.10. The molecule has 1 aromatic rings. The molecule has 0 spiro atoms. The van der Waals surface area contributed by atoms with Crippen molar-refractivity contribution < 1.29 is 13.2 Å². The predicted molar refractivity (Wildman–Crippen MR) is 81.3 cm³/mol. The fourth-order valence-electron chi connectivity index (χ4n) is 1.52. The zero-order valence-corrected chi connectivity index (χ0v) is 13.5. The van der Waals surface area contributed by atoms with Gasteiger partial charge in [0.2, 0.25) is 10.0 Å². The number of nitrogens with one attached hydrogen (secondary N) is 2. The van der Waals surface area contributed by atoms with Crippen LogP contribution in [0.4, 0.5) is 5.69 Å². The zero-order valence-electron chi connectivity index (χ0n) is 11.1. The van der Waals surface area contributed by atoms with Crippen LogP contribution in [0.25, 0.3) is 0 Å². The van der Waals surface area contributed by atoms with Crippen molar-refractivity contribution in [2.24, 2.45) is 0 Å². The van der Waals surface area contributed by atoms with Crippen LogP contribution in [0.3, 0.4) is 0 Å². The highest BCUT2D eigenvalue weighted by Gasteiger charge is 2.11. The number of anilines is 1. The first-order valence-corrected chi connectivity index (χ1v) is 8.47. The molecule has 0 fully saturated rings. The van der Waals surface area contributed by atoms with Crippen LogP contribution in [0.1, 0.15) is 13.3 Å². The van der Waals surface area contributed by atoms with Crippen molar-refractivity contribution in [1.82, 2.24) is 5.32 Å². The maximum absolute atomic E-state index is 11.9. The van der Waals surface area contributed by atoms with Gasteiger partial charge in [0.05, 0.1) is 23.0 Å². The van der Waals surface area contributed by atoms with Crippen molar-refractivity contribution in [3.63, 3.8) is 0 Å². The van der Waals surface area contributed by atoms with E-state index in [1.807, 2.05) is 6.92 Å². The molecule has 0 unspecified atom stereocenters. The normalized spacial score (nSPS) is 11.3. The molecule has 0 heterocycles. The zero-order chi connectivity index (χ0) is 14.3. The van der Waals surface area contributed by atoms with Crippen molar-refractivity contribution in [3.8, 4) is 5.75 Å². The number of rotatable bonds is 8. The van der Waals surface area contributed by atoms with Crippen molar-refractivity contribution in [3.05, 3.63) is 22.7 Å². The number of ether oxygens (including phenoxy) is 1. The van der Waals surface area contributed by atoms with E-state index >= 15 is 0 Å². The summed E-state index contributed by atoms with van der Waals surface area (Å²) in [5.41, 5.74) is 0.503. The van der Waals surface area contributed by atoms with Gasteiger partial charge in [0.15, 0.2) is 0 Å². The van der Waals surface area contributed by atoms with Gasteiger partial charge in [-0.2, -0.15) is 0 Å². The van der Waals surface area contributed by atoms with Crippen LogP contribution in [-0.4, -0.2) is 34.4 Å². The van der Waals surface area contributed by atoms with Gasteiger partial charge in [-0.15, -0.1) is 0 Å². The predicted octanol–water partition coefficient (Wildman–Crippen LogP) is 2.20. The summed E-state index contributed by atoms with van der Waals surface area (Å²) in [7, 11) is -1.78. The standard InChI is InChI=1S/C12H19BrN2O3S/c1-3-14-7-4-8-19(16,17)15-10-5-6-11(13)12(9-10)18-2/h5-6,9,14-15H,3-4,7-8H2,1-2H3. The molecule has 0 atom stereocenters. The minimum atomic E-state index is -3.31. The molecular formula is C12H19BrN2O3S. The van der Waals surface area contributed by atoms with E-state index in [0.717, 1.165) is 11.0 Å². The van der Waals surface area contributed by atoms with Crippen LogP contribution >= 0.6 is 15.9 Å². The topological polar surface area (TPSA) is 67.4 Å². The summed E-state index contributed by atoms with van der Waals surface area (Å²) >= 11 is 3.32.